The molecule has 0 saturated heterocycles. The summed E-state index contributed by atoms with van der Waals surface area (Å²) in [5, 5.41) is 0. The molecule has 31 heavy (non-hydrogen) atoms. The second-order valence-corrected chi connectivity index (χ2v) is 9.18. The van der Waals surface area contributed by atoms with Gasteiger partial charge in [0.1, 0.15) is 0 Å². The first-order valence-electron chi connectivity index (χ1n) is 10.2. The smallest absolute Gasteiger partial charge is 0.241 e. The van der Waals surface area contributed by atoms with Gasteiger partial charge < -0.3 is 14.4 Å². The molecule has 2 aromatic carbocycles. The molecular weight excluding hydrogens is 416 g/mol. The van der Waals surface area contributed by atoms with Crippen LogP contribution in [-0.2, 0) is 21.4 Å². The average molecular weight is 449 g/mol. The number of nitrogens with one attached hydrogen (secondary N) is 1. The largest absolute Gasteiger partial charge is 0.493 e. The molecule has 1 amide bonds. The summed E-state index contributed by atoms with van der Waals surface area (Å²) < 4.78 is 38.7. The van der Waals surface area contributed by atoms with Crippen LogP contribution < -0.4 is 14.2 Å². The van der Waals surface area contributed by atoms with E-state index in [2.05, 4.69) is 4.72 Å². The van der Waals surface area contributed by atoms with Crippen molar-refractivity contribution in [3.8, 4) is 11.5 Å². The fourth-order valence-corrected chi connectivity index (χ4v) is 5.17. The van der Waals surface area contributed by atoms with Crippen molar-refractivity contribution in [3.63, 3.8) is 0 Å². The molecule has 170 valence electrons. The third kappa shape index (κ3) is 6.21. The topological polar surface area (TPSA) is 84.9 Å². The minimum Gasteiger partial charge on any atom is -0.493 e. The van der Waals surface area contributed by atoms with Gasteiger partial charge in [-0.2, -0.15) is 0 Å². The molecule has 0 atom stereocenters. The van der Waals surface area contributed by atoms with Gasteiger partial charge in [0.15, 0.2) is 11.5 Å². The molecule has 0 saturated carbocycles. The molecule has 2 aromatic rings. The lowest BCUT2D eigenvalue weighted by molar-refractivity contribution is -0.131. The number of hydrogen-bond donors (Lipinski definition) is 1. The van der Waals surface area contributed by atoms with Crippen LogP contribution in [0.1, 0.15) is 35.6 Å². The van der Waals surface area contributed by atoms with Crippen LogP contribution in [0.2, 0.25) is 0 Å². The zero-order valence-electron chi connectivity index (χ0n) is 19.1. The van der Waals surface area contributed by atoms with E-state index in [9.17, 15) is 13.2 Å². The van der Waals surface area contributed by atoms with Crippen molar-refractivity contribution < 1.29 is 22.7 Å². The van der Waals surface area contributed by atoms with Gasteiger partial charge in [-0.15, -0.1) is 0 Å². The van der Waals surface area contributed by atoms with E-state index in [1.807, 2.05) is 38.1 Å². The van der Waals surface area contributed by atoms with Gasteiger partial charge in [0.2, 0.25) is 15.9 Å². The van der Waals surface area contributed by atoms with E-state index in [1.165, 1.54) is 0 Å². The van der Waals surface area contributed by atoms with Crippen LogP contribution >= 0.6 is 0 Å². The number of sulfonamides is 1. The van der Waals surface area contributed by atoms with Crippen molar-refractivity contribution in [1.29, 1.82) is 0 Å². The lowest BCUT2D eigenvalue weighted by atomic mass is 10.1. The lowest BCUT2D eigenvalue weighted by Crippen LogP contribution is -2.34. The summed E-state index contributed by atoms with van der Waals surface area (Å²) in [7, 11) is -0.560. The summed E-state index contributed by atoms with van der Waals surface area (Å²) in [5.74, 6) is 1.09. The fraction of sp³-hybridized carbons (Fsp3) is 0.435. The first-order valence-corrected chi connectivity index (χ1v) is 11.7. The first kappa shape index (κ1) is 24.7. The summed E-state index contributed by atoms with van der Waals surface area (Å²) in [5.41, 5.74) is 3.30. The number of rotatable bonds is 10. The Bertz CT molecular complexity index is 1010. The van der Waals surface area contributed by atoms with Crippen molar-refractivity contribution in [1.82, 2.24) is 9.62 Å². The van der Waals surface area contributed by atoms with E-state index in [4.69, 9.17) is 9.47 Å². The maximum atomic E-state index is 12.8. The number of hydrogen-bond acceptors (Lipinski definition) is 5. The molecule has 1 N–H and O–H groups in total. The number of benzene rings is 2. The van der Waals surface area contributed by atoms with Gasteiger partial charge in [0, 0.05) is 26.1 Å². The van der Waals surface area contributed by atoms with E-state index in [1.54, 1.807) is 39.0 Å². The maximum absolute atomic E-state index is 12.8. The van der Waals surface area contributed by atoms with Gasteiger partial charge >= 0.3 is 0 Å². The number of aryl methyl sites for hydroxylation is 3. The van der Waals surface area contributed by atoms with Gasteiger partial charge in [-0.25, -0.2) is 13.1 Å². The van der Waals surface area contributed by atoms with Crippen LogP contribution in [0, 0.1) is 20.8 Å². The van der Waals surface area contributed by atoms with E-state index >= 15 is 0 Å². The monoisotopic (exact) mass is 448 g/mol. The molecule has 0 spiro atoms. The summed E-state index contributed by atoms with van der Waals surface area (Å²) in [6, 6.07) is 9.19. The Kier molecular flexibility index (Phi) is 8.47. The van der Waals surface area contributed by atoms with Crippen molar-refractivity contribution in [3.05, 3.63) is 52.6 Å². The molecule has 0 radical (unpaired) electrons. The molecule has 0 unspecified atom stereocenters. The van der Waals surface area contributed by atoms with E-state index in [0.29, 0.717) is 35.7 Å². The quantitative estimate of drug-likeness (QED) is 0.603. The Morgan fingerprint density at radius 1 is 1.00 bits per heavy atom. The number of carbonyl (C=O) groups excluding carboxylic acids is 1. The molecule has 0 bridgehead atoms. The number of carbonyl (C=O) groups is 1. The van der Waals surface area contributed by atoms with Gasteiger partial charge in [-0.05, 0) is 56.5 Å². The van der Waals surface area contributed by atoms with E-state index in [-0.39, 0.29) is 23.8 Å². The number of nitrogens with zero attached hydrogens (tertiary/aromatic N) is 1. The summed E-state index contributed by atoms with van der Waals surface area (Å²) in [4.78, 5) is 14.7. The third-order valence-electron chi connectivity index (χ3n) is 5.06. The molecular formula is C23H32N2O5S. The molecule has 0 heterocycles. The number of amides is 1. The average Bonchev–Trinajstić information content (AvgIpc) is 2.70. The molecule has 8 heteroatoms. The van der Waals surface area contributed by atoms with Crippen LogP contribution in [0.5, 0.6) is 11.5 Å². The second-order valence-electron chi connectivity index (χ2n) is 7.47. The Balaban J connectivity index is 2.02. The van der Waals surface area contributed by atoms with Crippen LogP contribution in [-0.4, -0.2) is 46.5 Å². The minimum atomic E-state index is -3.69. The predicted molar refractivity (Wildman–Crippen MR) is 121 cm³/mol. The Morgan fingerprint density at radius 3 is 2.16 bits per heavy atom. The van der Waals surface area contributed by atoms with Gasteiger partial charge in [0.25, 0.3) is 0 Å². The molecule has 0 aliphatic rings. The molecule has 0 aromatic heterocycles. The zero-order chi connectivity index (χ0) is 23.2. The summed E-state index contributed by atoms with van der Waals surface area (Å²) in [6.45, 7) is 8.33. The van der Waals surface area contributed by atoms with E-state index < -0.39 is 10.0 Å². The highest BCUT2D eigenvalue weighted by Gasteiger charge is 2.21. The molecule has 0 fully saturated rings. The second kappa shape index (κ2) is 10.6. The normalized spacial score (nSPS) is 11.3. The van der Waals surface area contributed by atoms with Crippen molar-refractivity contribution in [2.24, 2.45) is 0 Å². The van der Waals surface area contributed by atoms with E-state index in [0.717, 1.165) is 11.1 Å². The fourth-order valence-electron chi connectivity index (χ4n) is 3.69. The minimum absolute atomic E-state index is 0.0381. The number of ether oxygens (including phenoxy) is 2. The van der Waals surface area contributed by atoms with Crippen molar-refractivity contribution in [2.75, 3.05) is 27.3 Å². The first-order chi connectivity index (χ1) is 14.6. The predicted octanol–water partition coefficient (Wildman–Crippen LogP) is 3.35. The summed E-state index contributed by atoms with van der Waals surface area (Å²) >= 11 is 0. The molecule has 2 rings (SSSR count). The highest BCUT2D eigenvalue weighted by atomic mass is 32.2. The molecule has 0 aliphatic carbocycles. The SMILES string of the molecule is CCN(Cc1ccc(OC)c(OC)c1)C(=O)CCNS(=O)(=O)c1c(C)cc(C)cc1C. The highest BCUT2D eigenvalue weighted by molar-refractivity contribution is 7.89. The summed E-state index contributed by atoms with van der Waals surface area (Å²) in [6.07, 6.45) is 0.0737. The van der Waals surface area contributed by atoms with Gasteiger partial charge in [0.05, 0.1) is 19.1 Å². The van der Waals surface area contributed by atoms with Crippen LogP contribution in [0.4, 0.5) is 0 Å². The van der Waals surface area contributed by atoms with Crippen LogP contribution in [0.25, 0.3) is 0 Å². The van der Waals surface area contributed by atoms with Crippen molar-refractivity contribution in [2.45, 2.75) is 45.6 Å². The van der Waals surface area contributed by atoms with Crippen LogP contribution in [0.15, 0.2) is 35.2 Å². The zero-order valence-corrected chi connectivity index (χ0v) is 19.9. The van der Waals surface area contributed by atoms with Gasteiger partial charge in [-0.1, -0.05) is 23.8 Å². The Hall–Kier alpha value is -2.58. The maximum Gasteiger partial charge on any atom is 0.241 e. The number of methoxy groups -OCH3 is 2. The standard InChI is InChI=1S/C23H32N2O5S/c1-7-25(15-19-8-9-20(29-5)21(14-19)30-6)22(26)10-11-24-31(27,28)23-17(3)12-16(2)13-18(23)4/h8-9,12-14,24H,7,10-11,15H2,1-6H3. The Morgan fingerprint density at radius 2 is 1.61 bits per heavy atom. The Labute approximate surface area is 185 Å². The molecule has 0 aliphatic heterocycles. The molecule has 7 nitrogen and oxygen atoms in total. The van der Waals surface area contributed by atoms with Gasteiger partial charge in [-0.3, -0.25) is 4.79 Å². The highest BCUT2D eigenvalue weighted by Crippen LogP contribution is 2.28. The van der Waals surface area contributed by atoms with Crippen molar-refractivity contribution >= 4 is 15.9 Å². The van der Waals surface area contributed by atoms with Crippen LogP contribution in [0.3, 0.4) is 0 Å². The third-order valence-corrected chi connectivity index (χ3v) is 6.83. The lowest BCUT2D eigenvalue weighted by Gasteiger charge is -2.22.